The molecule has 1 unspecified atom stereocenters. The highest BCUT2D eigenvalue weighted by molar-refractivity contribution is 5.30. The Kier molecular flexibility index (Phi) is 6.20. The van der Waals surface area contributed by atoms with Gasteiger partial charge in [-0.3, -0.25) is 0 Å². The van der Waals surface area contributed by atoms with E-state index in [-0.39, 0.29) is 12.2 Å². The van der Waals surface area contributed by atoms with Crippen molar-refractivity contribution in [3.05, 3.63) is 29.8 Å². The van der Waals surface area contributed by atoms with E-state index in [1.807, 2.05) is 38.1 Å². The Morgan fingerprint density at radius 3 is 2.39 bits per heavy atom. The van der Waals surface area contributed by atoms with Crippen molar-refractivity contribution in [2.75, 3.05) is 0 Å². The van der Waals surface area contributed by atoms with E-state index in [9.17, 15) is 5.11 Å². The summed E-state index contributed by atoms with van der Waals surface area (Å²) >= 11 is 0. The molecule has 2 nitrogen and oxygen atoms in total. The number of rotatable bonds is 7. The maximum atomic E-state index is 10.3. The molecule has 0 aliphatic heterocycles. The van der Waals surface area contributed by atoms with Crippen molar-refractivity contribution in [2.45, 2.75) is 59.2 Å². The molecule has 0 heterocycles. The Morgan fingerprint density at radius 2 is 1.83 bits per heavy atom. The highest BCUT2D eigenvalue weighted by Crippen LogP contribution is 2.27. The third kappa shape index (κ3) is 4.69. The minimum atomic E-state index is -0.384. The van der Waals surface area contributed by atoms with Crippen LogP contribution in [0.4, 0.5) is 0 Å². The Balaban J connectivity index is 2.70. The number of aliphatic hydroxyl groups is 1. The van der Waals surface area contributed by atoms with Gasteiger partial charge in [-0.05, 0) is 43.9 Å². The summed E-state index contributed by atoms with van der Waals surface area (Å²) in [5.74, 6) is 1.43. The van der Waals surface area contributed by atoms with Gasteiger partial charge in [0.1, 0.15) is 5.75 Å². The summed E-state index contributed by atoms with van der Waals surface area (Å²) in [6, 6.07) is 7.81. The van der Waals surface area contributed by atoms with Gasteiger partial charge in [0.05, 0.1) is 12.2 Å². The second-order valence-electron chi connectivity index (χ2n) is 5.17. The fourth-order valence-electron chi connectivity index (χ4n) is 2.14. The summed E-state index contributed by atoms with van der Waals surface area (Å²) < 4.78 is 5.65. The summed E-state index contributed by atoms with van der Waals surface area (Å²) in [7, 11) is 0. The normalized spacial score (nSPS) is 13.1. The van der Waals surface area contributed by atoms with Gasteiger partial charge in [0.2, 0.25) is 0 Å². The minimum Gasteiger partial charge on any atom is -0.491 e. The SMILES string of the molecule is CCC(CC)CC(O)c1cccc(OC(C)C)c1. The van der Waals surface area contributed by atoms with Gasteiger partial charge in [0.25, 0.3) is 0 Å². The molecule has 1 rings (SSSR count). The molecule has 2 heteroatoms. The molecule has 0 fully saturated rings. The molecule has 0 bridgehead atoms. The predicted molar refractivity (Wildman–Crippen MR) is 75.9 cm³/mol. The van der Waals surface area contributed by atoms with Crippen LogP contribution in [0, 0.1) is 5.92 Å². The first-order valence-electron chi connectivity index (χ1n) is 7.01. The van der Waals surface area contributed by atoms with E-state index in [4.69, 9.17) is 4.74 Å². The Hall–Kier alpha value is -1.02. The standard InChI is InChI=1S/C16H26O2/c1-5-13(6-2)10-16(17)14-8-7-9-15(11-14)18-12(3)4/h7-9,11-13,16-17H,5-6,10H2,1-4H3. The largest absolute Gasteiger partial charge is 0.491 e. The molecule has 0 saturated heterocycles. The molecule has 102 valence electrons. The summed E-state index contributed by atoms with van der Waals surface area (Å²) in [4.78, 5) is 0. The molecule has 0 aliphatic carbocycles. The highest BCUT2D eigenvalue weighted by Gasteiger charge is 2.14. The van der Waals surface area contributed by atoms with Crippen molar-refractivity contribution < 1.29 is 9.84 Å². The smallest absolute Gasteiger partial charge is 0.120 e. The maximum absolute atomic E-state index is 10.3. The fraction of sp³-hybridized carbons (Fsp3) is 0.625. The van der Waals surface area contributed by atoms with Gasteiger partial charge in [0, 0.05) is 0 Å². The first kappa shape index (κ1) is 15.0. The van der Waals surface area contributed by atoms with Crippen LogP contribution in [0.1, 0.15) is 58.6 Å². The van der Waals surface area contributed by atoms with Gasteiger partial charge in [-0.25, -0.2) is 0 Å². The Morgan fingerprint density at radius 1 is 1.17 bits per heavy atom. The van der Waals surface area contributed by atoms with E-state index in [0.717, 1.165) is 30.6 Å². The third-order valence-corrected chi connectivity index (χ3v) is 3.33. The average Bonchev–Trinajstić information content (AvgIpc) is 2.35. The number of ether oxygens (including phenoxy) is 1. The third-order valence-electron chi connectivity index (χ3n) is 3.33. The van der Waals surface area contributed by atoms with Crippen LogP contribution >= 0.6 is 0 Å². The lowest BCUT2D eigenvalue weighted by molar-refractivity contribution is 0.140. The summed E-state index contributed by atoms with van der Waals surface area (Å²) in [6.45, 7) is 8.37. The van der Waals surface area contributed by atoms with Crippen molar-refractivity contribution in [2.24, 2.45) is 5.92 Å². The van der Waals surface area contributed by atoms with Crippen molar-refractivity contribution in [3.8, 4) is 5.75 Å². The van der Waals surface area contributed by atoms with Crippen LogP contribution in [-0.4, -0.2) is 11.2 Å². The lowest BCUT2D eigenvalue weighted by Gasteiger charge is -2.18. The van der Waals surface area contributed by atoms with E-state index >= 15 is 0 Å². The maximum Gasteiger partial charge on any atom is 0.120 e. The summed E-state index contributed by atoms with van der Waals surface area (Å²) in [5.41, 5.74) is 0.958. The Bertz CT molecular complexity index is 343. The van der Waals surface area contributed by atoms with Gasteiger partial charge in [-0.15, -0.1) is 0 Å². The summed E-state index contributed by atoms with van der Waals surface area (Å²) in [5, 5.41) is 10.3. The molecular formula is C16H26O2. The van der Waals surface area contributed by atoms with Crippen LogP contribution in [0.2, 0.25) is 0 Å². The van der Waals surface area contributed by atoms with Gasteiger partial charge < -0.3 is 9.84 Å². The number of benzene rings is 1. The topological polar surface area (TPSA) is 29.5 Å². The number of hydrogen-bond acceptors (Lipinski definition) is 2. The van der Waals surface area contributed by atoms with Crippen LogP contribution in [0.25, 0.3) is 0 Å². The van der Waals surface area contributed by atoms with Crippen LogP contribution in [0.15, 0.2) is 24.3 Å². The first-order chi connectivity index (χ1) is 8.56. The van der Waals surface area contributed by atoms with Crippen molar-refractivity contribution in [1.29, 1.82) is 0 Å². The molecule has 1 aromatic carbocycles. The second kappa shape index (κ2) is 7.42. The lowest BCUT2D eigenvalue weighted by atomic mass is 9.93. The predicted octanol–water partition coefficient (Wildman–Crippen LogP) is 4.33. The minimum absolute atomic E-state index is 0.163. The highest BCUT2D eigenvalue weighted by atomic mass is 16.5. The number of aliphatic hydroxyl groups excluding tert-OH is 1. The Labute approximate surface area is 111 Å². The lowest BCUT2D eigenvalue weighted by Crippen LogP contribution is -2.08. The molecule has 0 spiro atoms. The van der Waals surface area contributed by atoms with Crippen molar-refractivity contribution >= 4 is 0 Å². The molecule has 18 heavy (non-hydrogen) atoms. The molecule has 0 saturated carbocycles. The second-order valence-corrected chi connectivity index (χ2v) is 5.17. The van der Waals surface area contributed by atoms with E-state index < -0.39 is 0 Å². The van der Waals surface area contributed by atoms with Crippen molar-refractivity contribution in [3.63, 3.8) is 0 Å². The van der Waals surface area contributed by atoms with E-state index in [0.29, 0.717) is 5.92 Å². The van der Waals surface area contributed by atoms with Gasteiger partial charge in [-0.2, -0.15) is 0 Å². The molecule has 1 atom stereocenters. The van der Waals surface area contributed by atoms with E-state index in [2.05, 4.69) is 13.8 Å². The summed E-state index contributed by atoms with van der Waals surface area (Å²) in [6.07, 6.45) is 2.85. The quantitative estimate of drug-likeness (QED) is 0.780. The zero-order valence-electron chi connectivity index (χ0n) is 12.0. The van der Waals surface area contributed by atoms with Crippen LogP contribution in [0.3, 0.4) is 0 Å². The zero-order valence-corrected chi connectivity index (χ0v) is 12.0. The molecule has 0 amide bonds. The van der Waals surface area contributed by atoms with Crippen LogP contribution < -0.4 is 4.74 Å². The number of hydrogen-bond donors (Lipinski definition) is 1. The molecule has 0 aliphatic rings. The van der Waals surface area contributed by atoms with Gasteiger partial charge in [-0.1, -0.05) is 38.8 Å². The van der Waals surface area contributed by atoms with Crippen molar-refractivity contribution in [1.82, 2.24) is 0 Å². The average molecular weight is 250 g/mol. The fourth-order valence-corrected chi connectivity index (χ4v) is 2.14. The zero-order chi connectivity index (χ0) is 13.5. The first-order valence-corrected chi connectivity index (χ1v) is 7.01. The van der Waals surface area contributed by atoms with E-state index in [1.54, 1.807) is 0 Å². The molecule has 0 radical (unpaired) electrons. The van der Waals surface area contributed by atoms with Gasteiger partial charge in [0.15, 0.2) is 0 Å². The molecule has 0 aromatic heterocycles. The van der Waals surface area contributed by atoms with Gasteiger partial charge >= 0.3 is 0 Å². The van der Waals surface area contributed by atoms with Crippen LogP contribution in [-0.2, 0) is 0 Å². The molecular weight excluding hydrogens is 224 g/mol. The monoisotopic (exact) mass is 250 g/mol. The van der Waals surface area contributed by atoms with Crippen LogP contribution in [0.5, 0.6) is 5.75 Å². The molecule has 1 N–H and O–H groups in total. The molecule has 1 aromatic rings. The van der Waals surface area contributed by atoms with E-state index in [1.165, 1.54) is 0 Å².